The molecule has 5 heterocycles. The second-order valence-corrected chi connectivity index (χ2v) is 18.7. The fraction of sp³-hybridized carbons (Fsp3) is 0.875. The largest absolute Gasteiger partial charge is 0.508 e. The van der Waals surface area contributed by atoms with Crippen molar-refractivity contribution >= 4 is 146 Å². The number of thiol groups is 3. The summed E-state index contributed by atoms with van der Waals surface area (Å²) in [5.41, 5.74) is 15.1. The molecule has 19 nitrogen and oxygen atoms in total. The number of cyclic esters (lactones) is 4. The lowest BCUT2D eigenvalue weighted by atomic mass is 10.4. The van der Waals surface area contributed by atoms with Crippen molar-refractivity contribution in [3.05, 3.63) is 0 Å². The van der Waals surface area contributed by atoms with Crippen molar-refractivity contribution < 1.29 is 84.3 Å². The van der Waals surface area contributed by atoms with E-state index in [1.54, 1.807) is 0 Å². The van der Waals surface area contributed by atoms with E-state index in [9.17, 15) is 45.0 Å². The Morgan fingerprint density at radius 3 is 0.987 bits per heavy atom. The van der Waals surface area contributed by atoms with Gasteiger partial charge in [0.2, 0.25) is 4.45 Å². The summed E-state index contributed by atoms with van der Waals surface area (Å²) >= 11 is 15.9. The maximum atomic E-state index is 10.4. The van der Waals surface area contributed by atoms with E-state index in [1.807, 2.05) is 0 Å². The predicted molar refractivity (Wildman–Crippen MR) is 332 cm³/mol. The average molecular weight is 1310 g/mol. The highest BCUT2D eigenvalue weighted by Gasteiger charge is 2.09. The van der Waals surface area contributed by atoms with Crippen LogP contribution in [0.2, 0.25) is 0 Å². The molecule has 0 spiro atoms. The Kier molecular flexibility index (Phi) is 143. The van der Waals surface area contributed by atoms with Crippen LogP contribution in [0.3, 0.4) is 0 Å². The molecule has 75 heavy (non-hydrogen) atoms. The molecule has 35 heteroatoms. The highest BCUT2D eigenvalue weighted by atomic mass is 32.2. The Balaban J connectivity index is -0.0000000763. The zero-order valence-electron chi connectivity index (χ0n) is 44.4. The molecule has 13 N–H and O–H groups in total. The second kappa shape index (κ2) is 110. The van der Waals surface area contributed by atoms with Gasteiger partial charge in [-0.05, 0) is 140 Å². The molecule has 0 aromatic carbocycles. The normalized spacial score (nSPS) is 14.6. The number of carbonyl (C=O) groups excluding carboxylic acids is 5. The zero-order chi connectivity index (χ0) is 59.7. The smallest absolute Gasteiger partial charge is 0.458 e. The Hall–Kier alpha value is 0.570. The van der Waals surface area contributed by atoms with Crippen LogP contribution in [0.15, 0.2) is 0 Å². The second-order valence-electron chi connectivity index (χ2n) is 12.0. The first kappa shape index (κ1) is 97.7. The summed E-state index contributed by atoms with van der Waals surface area (Å²) in [6.07, 6.45) is 8.29. The number of hydrogen-bond donors (Lipinski definition) is 13. The van der Waals surface area contributed by atoms with Crippen LogP contribution in [0.5, 0.6) is 0 Å². The van der Waals surface area contributed by atoms with Crippen LogP contribution in [-0.4, -0.2) is 208 Å². The standard InChI is InChI=1S/C4H8N2O.C4H7NO2.C4H6O3.C4H6O2S.C4H6OS2.C3H10N2.C3H9NO.C3H8O2.C3H8OS.C3H8S2.5CH4FP/c7-4-5-2-1-3-6-4;6-4-5-2-1-3-7-4;3*5-4-6-2-1-3-7-4;5*4-2-1-3-5;5*1-3-2/h1-3H2,(H2,5,6,7);1-3H2,(H,5,6);3*1-3H2;1-5H2;5H,1-4H2;3*4-5H,1-3H2;5*3H,1H3. The molecule has 0 bridgehead atoms. The molecule has 5 atom stereocenters. The van der Waals surface area contributed by atoms with Gasteiger partial charge in [0.25, 0.3) is 0 Å². The first-order chi connectivity index (χ1) is 36.1. The molecule has 5 fully saturated rings. The first-order valence-electron chi connectivity index (χ1n) is 23.2. The Labute approximate surface area is 484 Å². The Morgan fingerprint density at radius 2 is 0.853 bits per heavy atom. The van der Waals surface area contributed by atoms with Crippen LogP contribution in [0.4, 0.5) is 45.0 Å². The van der Waals surface area contributed by atoms with Gasteiger partial charge in [-0.3, -0.25) is 4.79 Å². The molecular formula is C40H96F5N6O13P5S6. The number of ether oxygens (including phenoxy) is 4. The average Bonchev–Trinajstić information content (AvgIpc) is 3.39. The fourth-order valence-electron chi connectivity index (χ4n) is 2.69. The van der Waals surface area contributed by atoms with Crippen molar-refractivity contribution in [1.82, 2.24) is 16.0 Å². The minimum Gasteiger partial charge on any atom is -0.458 e. The van der Waals surface area contributed by atoms with Crippen LogP contribution in [0.1, 0.15) is 64.2 Å². The minimum absolute atomic E-state index is 0.0359. The number of amides is 3. The van der Waals surface area contributed by atoms with Crippen molar-refractivity contribution in [2.75, 3.05) is 160 Å². The van der Waals surface area contributed by atoms with Crippen molar-refractivity contribution in [1.29, 1.82) is 0 Å². The van der Waals surface area contributed by atoms with Crippen molar-refractivity contribution in [3.63, 3.8) is 0 Å². The van der Waals surface area contributed by atoms with E-state index in [-0.39, 0.29) is 43.9 Å². The lowest BCUT2D eigenvalue weighted by molar-refractivity contribution is 0.0192. The van der Waals surface area contributed by atoms with Crippen molar-refractivity contribution in [2.45, 2.75) is 64.2 Å². The van der Waals surface area contributed by atoms with Crippen LogP contribution >= 0.6 is 118 Å². The summed E-state index contributed by atoms with van der Waals surface area (Å²) in [7, 11) is -2.08. The van der Waals surface area contributed by atoms with E-state index in [1.165, 1.54) is 75.0 Å². The number of hydrogen-bond acceptors (Lipinski definition) is 22. The summed E-state index contributed by atoms with van der Waals surface area (Å²) < 4.78 is 69.9. The van der Waals surface area contributed by atoms with Crippen LogP contribution < -0.4 is 33.2 Å². The molecule has 0 aliphatic carbocycles. The number of carbonyl (C=O) groups is 5. The lowest BCUT2D eigenvalue weighted by Crippen LogP contribution is -2.42. The molecule has 5 aliphatic heterocycles. The Bertz CT molecular complexity index is 842. The number of thioether (sulfide) groups is 3. The molecular weight excluding hydrogens is 1210 g/mol. The first-order valence-corrected chi connectivity index (χ1v) is 34.9. The van der Waals surface area contributed by atoms with Crippen LogP contribution in [0.25, 0.3) is 0 Å². The summed E-state index contributed by atoms with van der Waals surface area (Å²) in [5, 5.41) is 39.5. The van der Waals surface area contributed by atoms with E-state index >= 15 is 0 Å². The van der Waals surface area contributed by atoms with Gasteiger partial charge in [-0.1, -0.05) is 23.5 Å². The number of nitrogens with one attached hydrogen (secondary N) is 3. The molecule has 5 rings (SSSR count). The van der Waals surface area contributed by atoms with E-state index in [2.05, 4.69) is 72.8 Å². The topological polar surface area (TPSA) is 317 Å². The van der Waals surface area contributed by atoms with Gasteiger partial charge in [0.15, 0.2) is 0 Å². The van der Waals surface area contributed by atoms with E-state index in [0.717, 1.165) is 119 Å². The molecule has 5 saturated heterocycles. The van der Waals surface area contributed by atoms with Gasteiger partial charge in [0, 0.05) is 69.7 Å². The third-order valence-corrected chi connectivity index (χ3v) is 9.61. The van der Waals surface area contributed by atoms with Gasteiger partial charge >= 0.3 is 23.6 Å². The molecule has 460 valence electrons. The number of urea groups is 1. The molecule has 0 radical (unpaired) electrons. The van der Waals surface area contributed by atoms with Crippen LogP contribution in [0, 0.1) is 0 Å². The summed E-state index contributed by atoms with van der Waals surface area (Å²) in [6.45, 7) is 14.8. The molecule has 5 aliphatic rings. The number of nitrogens with two attached hydrogens (primary N) is 3. The number of alkyl carbamates (subject to hydrolysis) is 1. The molecule has 5 unspecified atom stereocenters. The van der Waals surface area contributed by atoms with Crippen LogP contribution in [-0.2, 0) is 18.9 Å². The third-order valence-electron chi connectivity index (χ3n) is 5.65. The zero-order valence-corrected chi connectivity index (χ0v) is 54.5. The number of aliphatic hydroxyl groups excluding tert-OH is 4. The molecule has 3 amide bonds. The summed E-state index contributed by atoms with van der Waals surface area (Å²) in [4.78, 5) is 51.0. The van der Waals surface area contributed by atoms with Gasteiger partial charge in [0.1, 0.15) is 0 Å². The lowest BCUT2D eigenvalue weighted by Gasteiger charge is -2.11. The van der Waals surface area contributed by atoms with Crippen molar-refractivity contribution in [2.24, 2.45) is 17.2 Å². The minimum atomic E-state index is -0.536. The predicted octanol–water partition coefficient (Wildman–Crippen LogP) is 9.00. The van der Waals surface area contributed by atoms with Gasteiger partial charge in [0.05, 0.1) is 70.9 Å². The number of halogens is 5. The third kappa shape index (κ3) is 154. The van der Waals surface area contributed by atoms with E-state index in [4.69, 9.17) is 37.6 Å². The van der Waals surface area contributed by atoms with E-state index in [0.29, 0.717) is 43.8 Å². The summed E-state index contributed by atoms with van der Waals surface area (Å²) in [6, 6.07) is -0.0359. The number of rotatable bonds is 10. The maximum absolute atomic E-state index is 10.4. The van der Waals surface area contributed by atoms with Gasteiger partial charge < -0.3 is 72.5 Å². The maximum Gasteiger partial charge on any atom is 0.508 e. The van der Waals surface area contributed by atoms with Crippen molar-refractivity contribution in [3.8, 4) is 0 Å². The van der Waals surface area contributed by atoms with E-state index < -0.39 is 50.6 Å². The molecule has 0 saturated carbocycles. The molecule has 0 aromatic heterocycles. The fourth-order valence-corrected chi connectivity index (χ4v) is 5.92. The Morgan fingerprint density at radius 1 is 0.480 bits per heavy atom. The van der Waals surface area contributed by atoms with Gasteiger partial charge in [-0.2, -0.15) is 37.9 Å². The SMILES string of the molecule is CPF.CPF.CPF.CPF.CPF.NCCCN.NCCCO.O=C1NCCCN1.O=C1NCCCO1.O=C1OCCCO1.O=C1OCCCS1.O=C1SCCCS1.OCCCO.OCCCS.SCCCS. The summed E-state index contributed by atoms with van der Waals surface area (Å²) in [5.74, 6) is 5.71. The monoisotopic (exact) mass is 1310 g/mol. The van der Waals surface area contributed by atoms with Gasteiger partial charge in [-0.25, -0.2) is 40.2 Å². The highest BCUT2D eigenvalue weighted by molar-refractivity contribution is 8.39. The molecule has 0 aromatic rings. The number of aliphatic hydroxyl groups is 4. The van der Waals surface area contributed by atoms with Gasteiger partial charge in [-0.15, -0.1) is 0 Å². The highest BCUT2D eigenvalue weighted by Crippen LogP contribution is 2.23. The quantitative estimate of drug-likeness (QED) is 0.0319.